The summed E-state index contributed by atoms with van der Waals surface area (Å²) in [5.74, 6) is -0.495. The van der Waals surface area contributed by atoms with Gasteiger partial charge in [0.2, 0.25) is 5.91 Å². The average Bonchev–Trinajstić information content (AvgIpc) is 3.56. The molecule has 29 heavy (non-hydrogen) atoms. The topological polar surface area (TPSA) is 75.6 Å². The van der Waals surface area contributed by atoms with Crippen LogP contribution >= 0.6 is 0 Å². The first kappa shape index (κ1) is 18.0. The minimum Gasteiger partial charge on any atom is -0.489 e. The summed E-state index contributed by atoms with van der Waals surface area (Å²) in [5.41, 5.74) is 1.74. The minimum absolute atomic E-state index is 0.00740. The van der Waals surface area contributed by atoms with Crippen molar-refractivity contribution in [3.63, 3.8) is 0 Å². The first-order chi connectivity index (χ1) is 14.1. The molecule has 2 fully saturated rings. The Morgan fingerprint density at radius 2 is 1.59 bits per heavy atom. The monoisotopic (exact) mass is 389 g/mol. The SMILES string of the molecule is O=C(Nc1ccc(OCc2ccccc2)cc1)[C@@H]1[C@@H]2C=C[C@H]([C@H]3C[C@H]23)[C@@H]1C(=O)O. The normalized spacial score (nSPS) is 31.0. The highest BCUT2D eigenvalue weighted by Gasteiger charge is 2.62. The first-order valence-corrected chi connectivity index (χ1v) is 10.1. The largest absolute Gasteiger partial charge is 0.489 e. The van der Waals surface area contributed by atoms with Crippen LogP contribution < -0.4 is 10.1 Å². The maximum atomic E-state index is 13.0. The van der Waals surface area contributed by atoms with Crippen LogP contribution in [0, 0.1) is 35.5 Å². The molecular formula is C24H23NO4. The highest BCUT2D eigenvalue weighted by molar-refractivity contribution is 5.96. The quantitative estimate of drug-likeness (QED) is 0.733. The Balaban J connectivity index is 1.25. The molecule has 2 aromatic rings. The molecule has 4 aliphatic rings. The van der Waals surface area contributed by atoms with Gasteiger partial charge in [0.1, 0.15) is 12.4 Å². The molecule has 2 N–H and O–H groups in total. The van der Waals surface area contributed by atoms with Crippen LogP contribution in [0.2, 0.25) is 0 Å². The van der Waals surface area contributed by atoms with Crippen LogP contribution in [0.3, 0.4) is 0 Å². The maximum absolute atomic E-state index is 13.0. The van der Waals surface area contributed by atoms with E-state index in [4.69, 9.17) is 4.74 Å². The van der Waals surface area contributed by atoms with Gasteiger partial charge in [0, 0.05) is 5.69 Å². The molecule has 5 nitrogen and oxygen atoms in total. The number of benzene rings is 2. The number of carbonyl (C=O) groups is 2. The molecule has 2 saturated carbocycles. The van der Waals surface area contributed by atoms with Gasteiger partial charge in [-0.15, -0.1) is 0 Å². The predicted octanol–water partition coefficient (Wildman–Crippen LogP) is 3.97. The molecule has 1 amide bonds. The van der Waals surface area contributed by atoms with Crippen LogP contribution in [0.5, 0.6) is 5.75 Å². The van der Waals surface area contributed by atoms with E-state index >= 15 is 0 Å². The summed E-state index contributed by atoms with van der Waals surface area (Å²) in [6.07, 6.45) is 5.15. The lowest BCUT2D eigenvalue weighted by molar-refractivity contribution is -0.152. The molecule has 0 heterocycles. The fourth-order valence-corrected chi connectivity index (χ4v) is 5.17. The summed E-state index contributed by atoms with van der Waals surface area (Å²) in [5, 5.41) is 12.7. The second kappa shape index (κ2) is 7.07. The van der Waals surface area contributed by atoms with E-state index < -0.39 is 17.8 Å². The van der Waals surface area contributed by atoms with Crippen LogP contribution in [0.25, 0.3) is 0 Å². The number of anilines is 1. The lowest BCUT2D eigenvalue weighted by Crippen LogP contribution is -2.48. The summed E-state index contributed by atoms with van der Waals surface area (Å²) in [4.78, 5) is 24.9. The third-order valence-electron chi connectivity index (χ3n) is 6.61. The molecule has 5 heteroatoms. The van der Waals surface area contributed by atoms with Gasteiger partial charge in [0.05, 0.1) is 11.8 Å². The van der Waals surface area contributed by atoms with Gasteiger partial charge in [-0.05, 0) is 59.9 Å². The average molecular weight is 389 g/mol. The number of aliphatic carboxylic acids is 1. The molecule has 2 aromatic carbocycles. The Morgan fingerprint density at radius 1 is 0.931 bits per heavy atom. The van der Waals surface area contributed by atoms with Crippen molar-refractivity contribution in [2.45, 2.75) is 13.0 Å². The molecule has 0 spiro atoms. The molecule has 6 rings (SSSR count). The minimum atomic E-state index is -0.862. The fraction of sp³-hybridized carbons (Fsp3) is 0.333. The van der Waals surface area contributed by atoms with Crippen LogP contribution in [-0.4, -0.2) is 17.0 Å². The van der Waals surface area contributed by atoms with Crippen LogP contribution in [0.1, 0.15) is 12.0 Å². The van der Waals surface area contributed by atoms with Gasteiger partial charge >= 0.3 is 5.97 Å². The van der Waals surface area contributed by atoms with Crippen LogP contribution in [0.4, 0.5) is 5.69 Å². The number of ether oxygens (including phenoxy) is 1. The lowest BCUT2D eigenvalue weighted by atomic mass is 9.62. The zero-order valence-corrected chi connectivity index (χ0v) is 15.9. The molecule has 2 bridgehead atoms. The van der Waals surface area contributed by atoms with Gasteiger partial charge in [0.15, 0.2) is 0 Å². The zero-order chi connectivity index (χ0) is 20.0. The molecule has 148 valence electrons. The van der Waals surface area contributed by atoms with Gasteiger partial charge < -0.3 is 15.2 Å². The number of carboxylic acids is 1. The van der Waals surface area contributed by atoms with Crippen molar-refractivity contribution in [3.8, 4) is 5.75 Å². The second-order valence-electron chi connectivity index (χ2n) is 8.28. The molecule has 0 aromatic heterocycles. The highest BCUT2D eigenvalue weighted by atomic mass is 16.5. The van der Waals surface area contributed by atoms with Crippen molar-refractivity contribution in [2.24, 2.45) is 35.5 Å². The number of carboxylic acid groups (broad SMARTS) is 1. The standard InChI is InChI=1S/C24H23NO4/c26-23(21-17-10-11-18(20-12-19(17)20)22(21)24(27)28)25-15-6-8-16(9-7-15)29-13-14-4-2-1-3-5-14/h1-11,17-22H,12-13H2,(H,25,26)(H,27,28)/t17-,18-,19-,20-,21-,22+/m1/s1. The number of amides is 1. The summed E-state index contributed by atoms with van der Waals surface area (Å²) in [6, 6.07) is 17.1. The Morgan fingerprint density at radius 3 is 2.24 bits per heavy atom. The number of rotatable bonds is 6. The summed E-state index contributed by atoms with van der Waals surface area (Å²) in [6.45, 7) is 0.479. The number of nitrogens with one attached hydrogen (secondary N) is 1. The van der Waals surface area contributed by atoms with Gasteiger partial charge in [-0.3, -0.25) is 9.59 Å². The molecule has 0 saturated heterocycles. The molecule has 0 radical (unpaired) electrons. The lowest BCUT2D eigenvalue weighted by Gasteiger charge is -2.41. The number of hydrogen-bond acceptors (Lipinski definition) is 3. The van der Waals surface area contributed by atoms with E-state index in [9.17, 15) is 14.7 Å². The number of hydrogen-bond donors (Lipinski definition) is 2. The van der Waals surface area contributed by atoms with Gasteiger partial charge in [-0.1, -0.05) is 42.5 Å². The molecule has 4 aliphatic carbocycles. The van der Waals surface area contributed by atoms with Crippen molar-refractivity contribution in [1.29, 1.82) is 0 Å². The highest BCUT2D eigenvalue weighted by Crippen LogP contribution is 2.63. The van der Waals surface area contributed by atoms with E-state index in [0.717, 1.165) is 17.7 Å². The Labute approximate surface area is 169 Å². The zero-order valence-electron chi connectivity index (χ0n) is 15.9. The number of carbonyl (C=O) groups excluding carboxylic acids is 1. The Kier molecular flexibility index (Phi) is 4.38. The van der Waals surface area contributed by atoms with Gasteiger partial charge in [0.25, 0.3) is 0 Å². The van der Waals surface area contributed by atoms with Crippen molar-refractivity contribution in [1.82, 2.24) is 0 Å². The van der Waals surface area contributed by atoms with E-state index in [-0.39, 0.29) is 17.7 Å². The van der Waals surface area contributed by atoms with Crippen LogP contribution in [-0.2, 0) is 16.2 Å². The fourth-order valence-electron chi connectivity index (χ4n) is 5.17. The van der Waals surface area contributed by atoms with Crippen LogP contribution in [0.15, 0.2) is 66.7 Å². The number of allylic oxidation sites excluding steroid dienone is 2. The smallest absolute Gasteiger partial charge is 0.307 e. The summed E-state index contributed by atoms with van der Waals surface area (Å²) < 4.78 is 5.78. The molecule has 0 unspecified atom stereocenters. The van der Waals surface area contributed by atoms with Gasteiger partial charge in [-0.25, -0.2) is 0 Å². The van der Waals surface area contributed by atoms with E-state index in [0.29, 0.717) is 24.1 Å². The van der Waals surface area contributed by atoms with Gasteiger partial charge in [-0.2, -0.15) is 0 Å². The predicted molar refractivity (Wildman–Crippen MR) is 108 cm³/mol. The Hall–Kier alpha value is -3.08. The third-order valence-corrected chi connectivity index (χ3v) is 6.61. The summed E-state index contributed by atoms with van der Waals surface area (Å²) in [7, 11) is 0. The maximum Gasteiger partial charge on any atom is 0.307 e. The second-order valence-corrected chi connectivity index (χ2v) is 8.28. The van der Waals surface area contributed by atoms with E-state index in [1.54, 1.807) is 12.1 Å². The Bertz CT molecular complexity index is 953. The van der Waals surface area contributed by atoms with Crippen molar-refractivity contribution < 1.29 is 19.4 Å². The van der Waals surface area contributed by atoms with Crippen molar-refractivity contribution in [3.05, 3.63) is 72.3 Å². The number of fused-ring (bicyclic) bond motifs is 1. The molecular weight excluding hydrogens is 366 g/mol. The van der Waals surface area contributed by atoms with E-state index in [2.05, 4.69) is 11.4 Å². The van der Waals surface area contributed by atoms with Crippen molar-refractivity contribution in [2.75, 3.05) is 5.32 Å². The van der Waals surface area contributed by atoms with E-state index in [1.807, 2.05) is 48.5 Å². The third kappa shape index (κ3) is 3.31. The summed E-state index contributed by atoms with van der Waals surface area (Å²) >= 11 is 0. The first-order valence-electron chi connectivity index (χ1n) is 10.1. The van der Waals surface area contributed by atoms with Crippen molar-refractivity contribution >= 4 is 17.6 Å². The molecule has 0 aliphatic heterocycles. The van der Waals surface area contributed by atoms with E-state index in [1.165, 1.54) is 0 Å². The molecule has 6 atom stereocenters.